The van der Waals surface area contributed by atoms with Crippen molar-refractivity contribution in [3.05, 3.63) is 0 Å². The molecule has 2 atom stereocenters. The Kier molecular flexibility index (Phi) is 7.23. The van der Waals surface area contributed by atoms with E-state index in [0.717, 1.165) is 11.8 Å². The molecule has 0 aromatic rings. The summed E-state index contributed by atoms with van der Waals surface area (Å²) >= 11 is 1.06. The third-order valence-electron chi connectivity index (χ3n) is 2.85. The molecule has 0 N–H and O–H groups in total. The standard InChI is InChI=1S/C14H20N2O5S/c1-5-9(12(17)20-6-2)22-11-10(13(18)21-7-3)8(4)15-14(19)16-11/h9-10H,5-7H2,1-4H3. The van der Waals surface area contributed by atoms with Gasteiger partial charge in [0.15, 0.2) is 0 Å². The molecule has 0 radical (unpaired) electrons. The second-order valence-corrected chi connectivity index (χ2v) is 5.66. The molecule has 1 aliphatic heterocycles. The van der Waals surface area contributed by atoms with Crippen LogP contribution in [0.1, 0.15) is 34.1 Å². The highest BCUT2D eigenvalue weighted by Gasteiger charge is 2.36. The molecule has 0 spiro atoms. The van der Waals surface area contributed by atoms with Gasteiger partial charge in [-0.05, 0) is 27.2 Å². The minimum atomic E-state index is -0.842. The van der Waals surface area contributed by atoms with Crippen LogP contribution in [0.3, 0.4) is 0 Å². The maximum absolute atomic E-state index is 12.1. The summed E-state index contributed by atoms with van der Waals surface area (Å²) in [5.41, 5.74) is 0.319. The van der Waals surface area contributed by atoms with E-state index in [9.17, 15) is 14.4 Å². The van der Waals surface area contributed by atoms with Gasteiger partial charge < -0.3 is 9.47 Å². The number of carbonyl (C=O) groups is 3. The number of aliphatic imine (C=N–C) groups is 2. The molecule has 0 aromatic carbocycles. The smallest absolute Gasteiger partial charge is 0.367 e. The monoisotopic (exact) mass is 328 g/mol. The zero-order valence-corrected chi connectivity index (χ0v) is 13.9. The lowest BCUT2D eigenvalue weighted by molar-refractivity contribution is -0.144. The van der Waals surface area contributed by atoms with E-state index >= 15 is 0 Å². The lowest BCUT2D eigenvalue weighted by atomic mass is 10.1. The summed E-state index contributed by atoms with van der Waals surface area (Å²) in [5, 5.41) is -0.301. The number of ether oxygens (including phenoxy) is 2. The normalized spacial score (nSPS) is 19.1. The molecule has 0 aliphatic carbocycles. The number of thioether (sulfide) groups is 1. The van der Waals surface area contributed by atoms with Crippen LogP contribution in [0.15, 0.2) is 9.98 Å². The summed E-state index contributed by atoms with van der Waals surface area (Å²) in [6.07, 6.45) is 0.489. The first-order chi connectivity index (χ1) is 10.4. The van der Waals surface area contributed by atoms with Crippen molar-refractivity contribution < 1.29 is 23.9 Å². The van der Waals surface area contributed by atoms with Gasteiger partial charge in [0.05, 0.1) is 18.3 Å². The van der Waals surface area contributed by atoms with Crippen molar-refractivity contribution in [1.29, 1.82) is 0 Å². The van der Waals surface area contributed by atoms with Crippen molar-refractivity contribution >= 4 is 40.5 Å². The Morgan fingerprint density at radius 1 is 1.18 bits per heavy atom. The van der Waals surface area contributed by atoms with Crippen LogP contribution >= 0.6 is 11.8 Å². The minimum absolute atomic E-state index is 0.212. The molecule has 0 bridgehead atoms. The van der Waals surface area contributed by atoms with Crippen molar-refractivity contribution in [2.45, 2.75) is 39.4 Å². The maximum Gasteiger partial charge on any atom is 0.367 e. The Bertz CT molecular complexity index is 515. The van der Waals surface area contributed by atoms with Gasteiger partial charge in [-0.15, -0.1) is 0 Å². The van der Waals surface area contributed by atoms with Gasteiger partial charge in [-0.25, -0.2) is 4.79 Å². The van der Waals surface area contributed by atoms with E-state index in [2.05, 4.69) is 9.98 Å². The van der Waals surface area contributed by atoms with E-state index < -0.39 is 29.1 Å². The van der Waals surface area contributed by atoms with Crippen LogP contribution in [-0.4, -0.2) is 47.2 Å². The van der Waals surface area contributed by atoms with Gasteiger partial charge >= 0.3 is 18.0 Å². The summed E-state index contributed by atoms with van der Waals surface area (Å²) in [6.45, 7) is 7.28. The fourth-order valence-electron chi connectivity index (χ4n) is 1.85. The molecular formula is C14H20N2O5S. The predicted molar refractivity (Wildman–Crippen MR) is 84.4 cm³/mol. The van der Waals surface area contributed by atoms with E-state index in [1.165, 1.54) is 0 Å². The highest BCUT2D eigenvalue weighted by Crippen LogP contribution is 2.27. The molecule has 7 nitrogen and oxygen atoms in total. The molecule has 8 heteroatoms. The van der Waals surface area contributed by atoms with Crippen molar-refractivity contribution in [3.63, 3.8) is 0 Å². The molecule has 2 amide bonds. The summed E-state index contributed by atoms with van der Waals surface area (Å²) in [5.74, 6) is -1.76. The van der Waals surface area contributed by atoms with E-state index in [1.54, 1.807) is 20.8 Å². The molecule has 2 unspecified atom stereocenters. The molecule has 1 aliphatic rings. The SMILES string of the molecule is CCOC(=O)C(CC)SC1=NC(=O)N=C(C)C1C(=O)OCC. The number of amides is 2. The zero-order chi connectivity index (χ0) is 16.7. The zero-order valence-electron chi connectivity index (χ0n) is 13.1. The fraction of sp³-hybridized carbons (Fsp3) is 0.643. The quantitative estimate of drug-likeness (QED) is 0.694. The van der Waals surface area contributed by atoms with Gasteiger partial charge in [-0.1, -0.05) is 18.7 Å². The van der Waals surface area contributed by atoms with Crippen LogP contribution < -0.4 is 0 Å². The molecule has 1 heterocycles. The lowest BCUT2D eigenvalue weighted by Crippen LogP contribution is -2.36. The molecule has 0 fully saturated rings. The van der Waals surface area contributed by atoms with E-state index in [1.807, 2.05) is 6.92 Å². The molecule has 0 saturated carbocycles. The number of urea groups is 1. The van der Waals surface area contributed by atoms with Crippen molar-refractivity contribution in [3.8, 4) is 0 Å². The molecule has 0 saturated heterocycles. The molecule has 122 valence electrons. The number of esters is 2. The van der Waals surface area contributed by atoms with Crippen LogP contribution in [0, 0.1) is 5.92 Å². The van der Waals surface area contributed by atoms with Gasteiger partial charge in [0.25, 0.3) is 0 Å². The van der Waals surface area contributed by atoms with E-state index in [-0.39, 0.29) is 18.3 Å². The first-order valence-corrected chi connectivity index (χ1v) is 8.00. The summed E-state index contributed by atoms with van der Waals surface area (Å²) in [4.78, 5) is 43.0. The van der Waals surface area contributed by atoms with Gasteiger partial charge in [0.1, 0.15) is 11.2 Å². The Labute approximate surface area is 133 Å². The maximum atomic E-state index is 12.1. The summed E-state index contributed by atoms with van der Waals surface area (Å²) < 4.78 is 9.99. The molecular weight excluding hydrogens is 308 g/mol. The number of nitrogens with zero attached hydrogens (tertiary/aromatic N) is 2. The second kappa shape index (κ2) is 8.67. The Morgan fingerprint density at radius 2 is 1.82 bits per heavy atom. The van der Waals surface area contributed by atoms with Crippen LogP contribution in [0.25, 0.3) is 0 Å². The Hall–Kier alpha value is -1.70. The van der Waals surface area contributed by atoms with Gasteiger partial charge in [0.2, 0.25) is 0 Å². The fourth-order valence-corrected chi connectivity index (χ4v) is 3.00. The summed E-state index contributed by atoms with van der Waals surface area (Å²) in [6, 6.07) is -0.681. The highest BCUT2D eigenvalue weighted by molar-refractivity contribution is 8.15. The first kappa shape index (κ1) is 18.3. The van der Waals surface area contributed by atoms with Crippen molar-refractivity contribution in [1.82, 2.24) is 0 Å². The van der Waals surface area contributed by atoms with Crippen LogP contribution in [0.5, 0.6) is 0 Å². The highest BCUT2D eigenvalue weighted by atomic mass is 32.2. The van der Waals surface area contributed by atoms with Gasteiger partial charge in [-0.3, -0.25) is 9.59 Å². The number of carbonyl (C=O) groups excluding carboxylic acids is 3. The van der Waals surface area contributed by atoms with Crippen molar-refractivity contribution in [2.75, 3.05) is 13.2 Å². The topological polar surface area (TPSA) is 94.4 Å². The third-order valence-corrected chi connectivity index (χ3v) is 4.23. The number of hydrogen-bond acceptors (Lipinski definition) is 6. The predicted octanol–water partition coefficient (Wildman–Crippen LogP) is 2.23. The molecule has 22 heavy (non-hydrogen) atoms. The van der Waals surface area contributed by atoms with Crippen LogP contribution in [0.4, 0.5) is 4.79 Å². The van der Waals surface area contributed by atoms with Gasteiger partial charge in [0, 0.05) is 5.71 Å². The molecule has 1 rings (SSSR count). The van der Waals surface area contributed by atoms with Crippen molar-refractivity contribution in [2.24, 2.45) is 15.9 Å². The largest absolute Gasteiger partial charge is 0.465 e. The Morgan fingerprint density at radius 3 is 2.36 bits per heavy atom. The number of rotatable bonds is 6. The Balaban J connectivity index is 2.98. The number of hydrogen-bond donors (Lipinski definition) is 0. The third kappa shape index (κ3) is 4.66. The van der Waals surface area contributed by atoms with E-state index in [4.69, 9.17) is 9.47 Å². The lowest BCUT2D eigenvalue weighted by Gasteiger charge is -2.22. The second-order valence-electron chi connectivity index (χ2n) is 4.44. The molecule has 0 aromatic heterocycles. The van der Waals surface area contributed by atoms with Crippen LogP contribution in [0.2, 0.25) is 0 Å². The van der Waals surface area contributed by atoms with Gasteiger partial charge in [-0.2, -0.15) is 9.98 Å². The minimum Gasteiger partial charge on any atom is -0.465 e. The van der Waals surface area contributed by atoms with E-state index in [0.29, 0.717) is 12.1 Å². The van der Waals surface area contributed by atoms with Crippen LogP contribution in [-0.2, 0) is 19.1 Å². The average Bonchev–Trinajstić information content (AvgIpc) is 2.44. The average molecular weight is 328 g/mol. The first-order valence-electron chi connectivity index (χ1n) is 7.12. The summed E-state index contributed by atoms with van der Waals surface area (Å²) in [7, 11) is 0.